The fraction of sp³-hybridized carbons (Fsp3) is 1.00. The van der Waals surface area contributed by atoms with Gasteiger partial charge in [0.2, 0.25) is 6.02 Å². The highest BCUT2D eigenvalue weighted by Gasteiger charge is 2.05. The van der Waals surface area contributed by atoms with Crippen LogP contribution in [0.3, 0.4) is 0 Å². The molecule has 0 aromatic carbocycles. The standard InChI is InChI=1S/C40H82IO2P/c1-3-5-7-9-11-13-15-17-19-21-23-25-27-29-31-33-35-37-39-42-44(41)43-40-38-36-34-32-30-28-26-24-22-20-18-16-14-12-10-8-6-4-2/h3-40H2,1-2H3. The third kappa shape index (κ3) is 41.1. The minimum atomic E-state index is -0.701. The summed E-state index contributed by atoms with van der Waals surface area (Å²) in [6.45, 7) is 6.37. The molecule has 0 aliphatic rings. The van der Waals surface area contributed by atoms with Gasteiger partial charge >= 0.3 is 0 Å². The molecule has 0 N–H and O–H groups in total. The third-order valence-corrected chi connectivity index (χ3v) is 11.8. The van der Waals surface area contributed by atoms with Crippen molar-refractivity contribution in [3.05, 3.63) is 0 Å². The fourth-order valence-corrected chi connectivity index (χ4v) is 8.12. The van der Waals surface area contributed by atoms with Gasteiger partial charge in [-0.25, -0.2) is 0 Å². The molecule has 4 heteroatoms. The number of rotatable bonds is 40. The van der Waals surface area contributed by atoms with Gasteiger partial charge in [0.25, 0.3) is 0 Å². The van der Waals surface area contributed by atoms with Crippen molar-refractivity contribution in [1.82, 2.24) is 0 Å². The van der Waals surface area contributed by atoms with E-state index < -0.39 is 6.02 Å². The molecule has 0 heterocycles. The molecular formula is C40H82IO2P. The number of hydrogen-bond donors (Lipinski definition) is 0. The lowest BCUT2D eigenvalue weighted by molar-refractivity contribution is 0.254. The first-order chi connectivity index (χ1) is 21.8. The van der Waals surface area contributed by atoms with Crippen LogP contribution in [0.25, 0.3) is 0 Å². The first-order valence-electron chi connectivity index (χ1n) is 20.5. The van der Waals surface area contributed by atoms with E-state index in [2.05, 4.69) is 35.9 Å². The summed E-state index contributed by atoms with van der Waals surface area (Å²) in [6, 6.07) is -0.701. The highest BCUT2D eigenvalue weighted by atomic mass is 127. The van der Waals surface area contributed by atoms with Gasteiger partial charge in [-0.2, -0.15) is 0 Å². The molecule has 0 aromatic rings. The van der Waals surface area contributed by atoms with Crippen molar-refractivity contribution < 1.29 is 9.05 Å². The predicted molar refractivity (Wildman–Crippen MR) is 210 cm³/mol. The van der Waals surface area contributed by atoms with Crippen molar-refractivity contribution in [2.75, 3.05) is 13.2 Å². The van der Waals surface area contributed by atoms with Crippen molar-refractivity contribution >= 4 is 28.1 Å². The molecule has 0 atom stereocenters. The lowest BCUT2D eigenvalue weighted by atomic mass is 10.0. The molecular weight excluding hydrogens is 670 g/mol. The second-order valence-corrected chi connectivity index (χ2v) is 17.2. The molecule has 0 saturated carbocycles. The van der Waals surface area contributed by atoms with Gasteiger partial charge in [0.05, 0.1) is 13.2 Å². The second kappa shape index (κ2) is 42.1. The Labute approximate surface area is 293 Å². The third-order valence-electron chi connectivity index (χ3n) is 9.38. The molecule has 266 valence electrons. The molecule has 0 spiro atoms. The molecule has 0 aliphatic heterocycles. The Morgan fingerprint density at radius 3 is 0.614 bits per heavy atom. The summed E-state index contributed by atoms with van der Waals surface area (Å²) in [5.41, 5.74) is 0. The van der Waals surface area contributed by atoms with E-state index in [1.165, 1.54) is 231 Å². The van der Waals surface area contributed by atoms with Gasteiger partial charge in [-0.05, 0) is 12.8 Å². The summed E-state index contributed by atoms with van der Waals surface area (Å²) in [4.78, 5) is 0. The summed E-state index contributed by atoms with van der Waals surface area (Å²) in [5.74, 6) is 0. The molecule has 2 nitrogen and oxygen atoms in total. The summed E-state index contributed by atoms with van der Waals surface area (Å²) in [5, 5.41) is 0. The van der Waals surface area contributed by atoms with Crippen LogP contribution < -0.4 is 0 Å². The van der Waals surface area contributed by atoms with Crippen LogP contribution in [0.2, 0.25) is 0 Å². The van der Waals surface area contributed by atoms with Gasteiger partial charge in [0.15, 0.2) is 0 Å². The summed E-state index contributed by atoms with van der Waals surface area (Å²) < 4.78 is 11.9. The Morgan fingerprint density at radius 2 is 0.432 bits per heavy atom. The Hall–Kier alpha value is 1.08. The maximum absolute atomic E-state index is 5.94. The van der Waals surface area contributed by atoms with Crippen molar-refractivity contribution in [3.63, 3.8) is 0 Å². The van der Waals surface area contributed by atoms with Crippen molar-refractivity contribution in [3.8, 4) is 0 Å². The lowest BCUT2D eigenvalue weighted by Crippen LogP contribution is -1.93. The normalized spacial score (nSPS) is 11.7. The molecule has 0 fully saturated rings. The molecule has 0 aromatic heterocycles. The van der Waals surface area contributed by atoms with Crippen LogP contribution in [0, 0.1) is 0 Å². The van der Waals surface area contributed by atoms with Crippen molar-refractivity contribution in [1.29, 1.82) is 0 Å². The van der Waals surface area contributed by atoms with Gasteiger partial charge in [0.1, 0.15) is 0 Å². The summed E-state index contributed by atoms with van der Waals surface area (Å²) in [6.07, 6.45) is 51.3. The predicted octanol–water partition coefficient (Wildman–Crippen LogP) is 16.8. The summed E-state index contributed by atoms with van der Waals surface area (Å²) in [7, 11) is 0. The van der Waals surface area contributed by atoms with Crippen LogP contribution in [-0.4, -0.2) is 13.2 Å². The maximum atomic E-state index is 5.94. The van der Waals surface area contributed by atoms with Crippen LogP contribution in [-0.2, 0) is 9.05 Å². The molecule has 0 unspecified atom stereocenters. The second-order valence-electron chi connectivity index (χ2n) is 13.9. The van der Waals surface area contributed by atoms with Gasteiger partial charge < -0.3 is 9.05 Å². The van der Waals surface area contributed by atoms with Crippen molar-refractivity contribution in [2.24, 2.45) is 0 Å². The van der Waals surface area contributed by atoms with Crippen LogP contribution in [0.1, 0.15) is 245 Å². The Morgan fingerprint density at radius 1 is 0.273 bits per heavy atom. The molecule has 0 bridgehead atoms. The molecule has 0 amide bonds. The van der Waals surface area contributed by atoms with E-state index in [9.17, 15) is 0 Å². The van der Waals surface area contributed by atoms with Gasteiger partial charge in [-0.15, -0.1) is 0 Å². The van der Waals surface area contributed by atoms with Crippen LogP contribution in [0.4, 0.5) is 0 Å². The van der Waals surface area contributed by atoms with Gasteiger partial charge in [0, 0.05) is 22.0 Å². The van der Waals surface area contributed by atoms with E-state index in [-0.39, 0.29) is 0 Å². The topological polar surface area (TPSA) is 18.5 Å². The Bertz CT molecular complexity index is 450. The largest absolute Gasteiger partial charge is 0.327 e. The van der Waals surface area contributed by atoms with E-state index in [0.717, 1.165) is 13.2 Å². The number of hydrogen-bond acceptors (Lipinski definition) is 2. The average molecular weight is 753 g/mol. The van der Waals surface area contributed by atoms with Crippen LogP contribution >= 0.6 is 28.1 Å². The minimum absolute atomic E-state index is 0.701. The minimum Gasteiger partial charge on any atom is -0.327 e. The van der Waals surface area contributed by atoms with Crippen LogP contribution in [0.5, 0.6) is 0 Å². The zero-order valence-electron chi connectivity index (χ0n) is 30.5. The van der Waals surface area contributed by atoms with E-state index in [1.807, 2.05) is 0 Å². The quantitative estimate of drug-likeness (QED) is 0.0353. The van der Waals surface area contributed by atoms with Crippen LogP contribution in [0.15, 0.2) is 0 Å². The van der Waals surface area contributed by atoms with E-state index in [4.69, 9.17) is 9.05 Å². The van der Waals surface area contributed by atoms with E-state index in [1.54, 1.807) is 0 Å². The highest BCUT2D eigenvalue weighted by molar-refractivity contribution is 14.2. The van der Waals surface area contributed by atoms with Gasteiger partial charge in [-0.3, -0.25) is 0 Å². The first kappa shape index (κ1) is 45.1. The fourth-order valence-electron chi connectivity index (χ4n) is 6.32. The smallest absolute Gasteiger partial charge is 0.239 e. The zero-order valence-corrected chi connectivity index (χ0v) is 33.6. The molecule has 0 radical (unpaired) electrons. The number of halogens is 1. The Balaban J connectivity index is 3.13. The first-order valence-corrected chi connectivity index (χ1v) is 24.5. The molecule has 0 rings (SSSR count). The molecule has 0 saturated heterocycles. The maximum Gasteiger partial charge on any atom is 0.239 e. The Kier molecular flexibility index (Phi) is 43.1. The summed E-state index contributed by atoms with van der Waals surface area (Å²) >= 11 is 2.37. The highest BCUT2D eigenvalue weighted by Crippen LogP contribution is 2.47. The SMILES string of the molecule is CCCCCCCCCCCCCCCCCCCCOP(I)OCCCCCCCCCCCCCCCCCCCC. The lowest BCUT2D eigenvalue weighted by Gasteiger charge is -2.11. The zero-order chi connectivity index (χ0) is 31.9. The number of unbranched alkanes of at least 4 members (excludes halogenated alkanes) is 34. The molecule has 44 heavy (non-hydrogen) atoms. The molecule has 0 aliphatic carbocycles. The van der Waals surface area contributed by atoms with Crippen molar-refractivity contribution in [2.45, 2.75) is 245 Å². The van der Waals surface area contributed by atoms with E-state index >= 15 is 0 Å². The van der Waals surface area contributed by atoms with Gasteiger partial charge in [-0.1, -0.05) is 232 Å². The average Bonchev–Trinajstić information content (AvgIpc) is 3.03. The monoisotopic (exact) mass is 753 g/mol. The van der Waals surface area contributed by atoms with E-state index in [0.29, 0.717) is 0 Å².